The number of methoxy groups -OCH3 is 1. The summed E-state index contributed by atoms with van der Waals surface area (Å²) in [6, 6.07) is 10.1. The van der Waals surface area contributed by atoms with E-state index in [1.807, 2.05) is 31.2 Å². The molecular formula is C17H18N2O2. The normalized spacial score (nSPS) is 14.7. The number of esters is 1. The Balaban J connectivity index is 2.30. The number of ether oxygens (including phenoxy) is 1. The second kappa shape index (κ2) is 5.13. The highest BCUT2D eigenvalue weighted by Crippen LogP contribution is 2.31. The Bertz CT molecular complexity index is 781. The minimum atomic E-state index is -0.376. The van der Waals surface area contributed by atoms with Crippen LogP contribution in [0.1, 0.15) is 19.0 Å². The van der Waals surface area contributed by atoms with Gasteiger partial charge in [0.2, 0.25) is 0 Å². The molecule has 1 aromatic heterocycles. The lowest BCUT2D eigenvalue weighted by atomic mass is 10.0. The van der Waals surface area contributed by atoms with Gasteiger partial charge >= 0.3 is 5.97 Å². The number of benzene rings is 1. The fourth-order valence-electron chi connectivity index (χ4n) is 2.90. The van der Waals surface area contributed by atoms with Crippen LogP contribution in [0.25, 0.3) is 16.6 Å². The quantitative estimate of drug-likeness (QED) is 0.862. The number of para-hydroxylation sites is 1. The summed E-state index contributed by atoms with van der Waals surface area (Å²) in [7, 11) is 1.39. The number of nitrogens with zero attached hydrogens (tertiary/aromatic N) is 1. The lowest BCUT2D eigenvalue weighted by Crippen LogP contribution is -2.14. The van der Waals surface area contributed by atoms with Crippen LogP contribution < -0.4 is 5.73 Å². The van der Waals surface area contributed by atoms with E-state index in [4.69, 9.17) is 10.5 Å². The topological polar surface area (TPSA) is 57.2 Å². The molecular weight excluding hydrogens is 264 g/mol. The van der Waals surface area contributed by atoms with Crippen LogP contribution in [0.3, 0.4) is 0 Å². The van der Waals surface area contributed by atoms with E-state index in [0.29, 0.717) is 17.8 Å². The Morgan fingerprint density at radius 1 is 1.38 bits per heavy atom. The molecule has 2 N–H and O–H groups in total. The van der Waals surface area contributed by atoms with Crippen molar-refractivity contribution in [1.29, 1.82) is 0 Å². The SMILES string of the molecule is CCC1=CCn2c(cc3ccccc32)C(N)=C1C(=O)OC. The van der Waals surface area contributed by atoms with Gasteiger partial charge < -0.3 is 15.0 Å². The van der Waals surface area contributed by atoms with E-state index < -0.39 is 0 Å². The van der Waals surface area contributed by atoms with Crippen molar-refractivity contribution in [3.63, 3.8) is 0 Å². The Morgan fingerprint density at radius 3 is 2.86 bits per heavy atom. The molecule has 0 bridgehead atoms. The first-order valence-electron chi connectivity index (χ1n) is 7.03. The molecule has 3 rings (SSSR count). The molecule has 4 heteroatoms. The van der Waals surface area contributed by atoms with Gasteiger partial charge in [-0.2, -0.15) is 0 Å². The molecule has 4 nitrogen and oxygen atoms in total. The maximum absolute atomic E-state index is 12.1. The lowest BCUT2D eigenvalue weighted by molar-refractivity contribution is -0.135. The van der Waals surface area contributed by atoms with E-state index in [1.54, 1.807) is 0 Å². The summed E-state index contributed by atoms with van der Waals surface area (Å²) in [6.07, 6.45) is 2.80. The molecule has 0 atom stereocenters. The van der Waals surface area contributed by atoms with E-state index >= 15 is 0 Å². The molecule has 0 fully saturated rings. The highest BCUT2D eigenvalue weighted by Gasteiger charge is 2.24. The summed E-state index contributed by atoms with van der Waals surface area (Å²) >= 11 is 0. The van der Waals surface area contributed by atoms with Gasteiger partial charge in [0.1, 0.15) is 0 Å². The van der Waals surface area contributed by atoms with Gasteiger partial charge in [-0.1, -0.05) is 31.2 Å². The third-order valence-corrected chi connectivity index (χ3v) is 3.97. The van der Waals surface area contributed by atoms with Crippen LogP contribution in [0.15, 0.2) is 47.6 Å². The van der Waals surface area contributed by atoms with Gasteiger partial charge in [0.05, 0.1) is 24.1 Å². The second-order valence-corrected chi connectivity index (χ2v) is 5.06. The largest absolute Gasteiger partial charge is 0.465 e. The average Bonchev–Trinajstić information content (AvgIpc) is 2.82. The van der Waals surface area contributed by atoms with Gasteiger partial charge in [-0.25, -0.2) is 4.79 Å². The first-order valence-corrected chi connectivity index (χ1v) is 7.03. The van der Waals surface area contributed by atoms with Crippen LogP contribution in [0.4, 0.5) is 0 Å². The summed E-state index contributed by atoms with van der Waals surface area (Å²) in [5.74, 6) is -0.376. The predicted molar refractivity (Wildman–Crippen MR) is 83.4 cm³/mol. The first kappa shape index (κ1) is 13.5. The van der Waals surface area contributed by atoms with E-state index in [2.05, 4.69) is 16.7 Å². The van der Waals surface area contributed by atoms with Crippen molar-refractivity contribution in [2.24, 2.45) is 5.73 Å². The molecule has 1 aromatic carbocycles. The Hall–Kier alpha value is -2.49. The fourth-order valence-corrected chi connectivity index (χ4v) is 2.90. The molecule has 0 saturated heterocycles. The molecule has 0 amide bonds. The maximum atomic E-state index is 12.1. The summed E-state index contributed by atoms with van der Waals surface area (Å²) in [5.41, 5.74) is 10.2. The third kappa shape index (κ3) is 2.03. The van der Waals surface area contributed by atoms with Crippen molar-refractivity contribution in [1.82, 2.24) is 4.57 Å². The number of aromatic nitrogens is 1. The van der Waals surface area contributed by atoms with Crippen LogP contribution in [-0.4, -0.2) is 17.6 Å². The molecule has 21 heavy (non-hydrogen) atoms. The van der Waals surface area contributed by atoms with Gasteiger partial charge in [0, 0.05) is 17.4 Å². The van der Waals surface area contributed by atoms with Gasteiger partial charge in [0.25, 0.3) is 0 Å². The standard InChI is InChI=1S/C17H18N2O2/c1-3-11-8-9-19-13-7-5-4-6-12(13)10-14(19)16(18)15(11)17(20)21-2/h4-8,10H,3,9,18H2,1-2H3. The predicted octanol–water partition coefficient (Wildman–Crippen LogP) is 2.83. The lowest BCUT2D eigenvalue weighted by Gasteiger charge is -2.10. The second-order valence-electron chi connectivity index (χ2n) is 5.06. The Labute approximate surface area is 123 Å². The van der Waals surface area contributed by atoms with Crippen molar-refractivity contribution in [2.45, 2.75) is 19.9 Å². The number of fused-ring (bicyclic) bond motifs is 3. The smallest absolute Gasteiger partial charge is 0.340 e. The number of nitrogens with two attached hydrogens (primary N) is 1. The van der Waals surface area contributed by atoms with Crippen molar-refractivity contribution in [3.05, 3.63) is 53.2 Å². The zero-order chi connectivity index (χ0) is 15.0. The number of hydrogen-bond donors (Lipinski definition) is 1. The van der Waals surface area contributed by atoms with Gasteiger partial charge in [-0.15, -0.1) is 0 Å². The molecule has 0 radical (unpaired) electrons. The monoisotopic (exact) mass is 282 g/mol. The van der Waals surface area contributed by atoms with Gasteiger partial charge in [0.15, 0.2) is 0 Å². The summed E-state index contributed by atoms with van der Waals surface area (Å²) in [4.78, 5) is 12.1. The highest BCUT2D eigenvalue weighted by molar-refractivity contribution is 6.02. The first-order chi connectivity index (χ1) is 10.2. The average molecular weight is 282 g/mol. The molecule has 0 saturated carbocycles. The number of carbonyl (C=O) groups excluding carboxylic acids is 1. The Kier molecular flexibility index (Phi) is 3.29. The van der Waals surface area contributed by atoms with Gasteiger partial charge in [-0.3, -0.25) is 0 Å². The van der Waals surface area contributed by atoms with Crippen LogP contribution in [0.5, 0.6) is 0 Å². The van der Waals surface area contributed by atoms with Gasteiger partial charge in [-0.05, 0) is 24.1 Å². The number of allylic oxidation sites excluding steroid dienone is 1. The number of carbonyl (C=O) groups is 1. The van der Waals surface area contributed by atoms with E-state index in [0.717, 1.165) is 28.6 Å². The van der Waals surface area contributed by atoms with Crippen LogP contribution in [-0.2, 0) is 16.1 Å². The zero-order valence-corrected chi connectivity index (χ0v) is 12.2. The molecule has 0 aliphatic carbocycles. The molecule has 1 aliphatic rings. The fraction of sp³-hybridized carbons (Fsp3) is 0.235. The maximum Gasteiger partial charge on any atom is 0.340 e. The molecule has 2 aromatic rings. The Morgan fingerprint density at radius 2 is 2.14 bits per heavy atom. The molecule has 0 spiro atoms. The molecule has 2 heterocycles. The van der Waals surface area contributed by atoms with Crippen LogP contribution >= 0.6 is 0 Å². The third-order valence-electron chi connectivity index (χ3n) is 3.97. The molecule has 0 unspecified atom stereocenters. The van der Waals surface area contributed by atoms with Crippen molar-refractivity contribution in [2.75, 3.05) is 7.11 Å². The minimum Gasteiger partial charge on any atom is -0.465 e. The molecule has 1 aliphatic heterocycles. The zero-order valence-electron chi connectivity index (χ0n) is 12.2. The van der Waals surface area contributed by atoms with E-state index in [-0.39, 0.29) is 5.97 Å². The van der Waals surface area contributed by atoms with Crippen LogP contribution in [0.2, 0.25) is 0 Å². The highest BCUT2D eigenvalue weighted by atomic mass is 16.5. The number of hydrogen-bond acceptors (Lipinski definition) is 3. The summed E-state index contributed by atoms with van der Waals surface area (Å²) in [5, 5.41) is 1.12. The van der Waals surface area contributed by atoms with Crippen LogP contribution in [0, 0.1) is 0 Å². The minimum absolute atomic E-state index is 0.376. The number of rotatable bonds is 2. The molecule has 108 valence electrons. The summed E-state index contributed by atoms with van der Waals surface area (Å²) < 4.78 is 7.05. The van der Waals surface area contributed by atoms with Crippen molar-refractivity contribution < 1.29 is 9.53 Å². The van der Waals surface area contributed by atoms with Crippen molar-refractivity contribution in [3.8, 4) is 0 Å². The van der Waals surface area contributed by atoms with E-state index in [1.165, 1.54) is 7.11 Å². The van der Waals surface area contributed by atoms with Crippen molar-refractivity contribution >= 4 is 22.6 Å². The summed E-state index contributed by atoms with van der Waals surface area (Å²) in [6.45, 7) is 2.72. The van der Waals surface area contributed by atoms with E-state index in [9.17, 15) is 4.79 Å².